The van der Waals surface area contributed by atoms with Crippen molar-refractivity contribution in [2.75, 3.05) is 36.0 Å². The smallest absolute Gasteiger partial charge is 0.314 e. The SMILES string of the molecule is Cc1nccc(N2CCN(c3nccc(C)c3[N+](=O)[O-])CC2)n1. The van der Waals surface area contributed by atoms with Crippen molar-refractivity contribution in [2.45, 2.75) is 13.8 Å². The number of hydrogen-bond donors (Lipinski definition) is 0. The molecule has 0 unspecified atom stereocenters. The number of piperazine rings is 1. The van der Waals surface area contributed by atoms with E-state index < -0.39 is 0 Å². The fourth-order valence-electron chi connectivity index (χ4n) is 2.76. The van der Waals surface area contributed by atoms with E-state index in [0.717, 1.165) is 24.7 Å². The molecule has 0 aliphatic carbocycles. The third kappa shape index (κ3) is 3.05. The highest BCUT2D eigenvalue weighted by Gasteiger charge is 2.27. The van der Waals surface area contributed by atoms with Crippen LogP contribution in [0.3, 0.4) is 0 Å². The molecule has 1 fully saturated rings. The van der Waals surface area contributed by atoms with Crippen molar-refractivity contribution in [1.82, 2.24) is 15.0 Å². The van der Waals surface area contributed by atoms with Crippen LogP contribution in [0.15, 0.2) is 24.5 Å². The number of nitro groups is 1. The van der Waals surface area contributed by atoms with Crippen LogP contribution in [-0.2, 0) is 0 Å². The predicted octanol–water partition coefficient (Wildman–Crippen LogP) is 1.72. The van der Waals surface area contributed by atoms with Gasteiger partial charge in [0.05, 0.1) is 4.92 Å². The molecular weight excluding hydrogens is 296 g/mol. The van der Waals surface area contributed by atoms with E-state index in [-0.39, 0.29) is 10.6 Å². The minimum atomic E-state index is -0.349. The zero-order valence-corrected chi connectivity index (χ0v) is 13.1. The molecule has 0 bridgehead atoms. The number of rotatable bonds is 3. The van der Waals surface area contributed by atoms with E-state index in [9.17, 15) is 10.1 Å². The van der Waals surface area contributed by atoms with Crippen molar-refractivity contribution in [1.29, 1.82) is 0 Å². The summed E-state index contributed by atoms with van der Waals surface area (Å²) in [6.45, 7) is 6.41. The van der Waals surface area contributed by atoms with Gasteiger partial charge in [-0.25, -0.2) is 15.0 Å². The van der Waals surface area contributed by atoms with Crippen LogP contribution < -0.4 is 9.80 Å². The maximum Gasteiger partial charge on any atom is 0.314 e. The van der Waals surface area contributed by atoms with Crippen molar-refractivity contribution < 1.29 is 4.92 Å². The Kier molecular flexibility index (Phi) is 4.05. The first-order valence-electron chi connectivity index (χ1n) is 7.46. The van der Waals surface area contributed by atoms with E-state index in [4.69, 9.17) is 0 Å². The summed E-state index contributed by atoms with van der Waals surface area (Å²) in [5.74, 6) is 2.08. The first-order valence-corrected chi connectivity index (χ1v) is 7.46. The summed E-state index contributed by atoms with van der Waals surface area (Å²) in [4.78, 5) is 27.9. The Morgan fingerprint density at radius 3 is 2.35 bits per heavy atom. The van der Waals surface area contributed by atoms with Crippen LogP contribution in [0.5, 0.6) is 0 Å². The average molecular weight is 314 g/mol. The fraction of sp³-hybridized carbons (Fsp3) is 0.400. The van der Waals surface area contributed by atoms with Gasteiger partial charge in [-0.3, -0.25) is 10.1 Å². The largest absolute Gasteiger partial charge is 0.353 e. The van der Waals surface area contributed by atoms with Gasteiger partial charge in [0.15, 0.2) is 0 Å². The number of aromatic nitrogens is 3. The number of pyridine rings is 1. The Labute approximate surface area is 134 Å². The molecular formula is C15H18N6O2. The van der Waals surface area contributed by atoms with Gasteiger partial charge < -0.3 is 9.80 Å². The maximum absolute atomic E-state index is 11.3. The van der Waals surface area contributed by atoms with Crippen LogP contribution in [0.2, 0.25) is 0 Å². The van der Waals surface area contributed by atoms with Gasteiger partial charge in [0.25, 0.3) is 0 Å². The Bertz CT molecular complexity index is 728. The lowest BCUT2D eigenvalue weighted by atomic mass is 10.2. The molecule has 3 rings (SSSR count). The van der Waals surface area contributed by atoms with Crippen molar-refractivity contribution in [3.8, 4) is 0 Å². The number of anilines is 2. The molecule has 0 saturated carbocycles. The second-order valence-corrected chi connectivity index (χ2v) is 5.49. The summed E-state index contributed by atoms with van der Waals surface area (Å²) in [5.41, 5.74) is 0.729. The van der Waals surface area contributed by atoms with Crippen molar-refractivity contribution in [3.05, 3.63) is 46.0 Å². The van der Waals surface area contributed by atoms with E-state index in [1.165, 1.54) is 0 Å². The van der Waals surface area contributed by atoms with E-state index in [1.54, 1.807) is 25.4 Å². The summed E-state index contributed by atoms with van der Waals surface area (Å²) in [5, 5.41) is 11.3. The van der Waals surface area contributed by atoms with Gasteiger partial charge >= 0.3 is 5.69 Å². The average Bonchev–Trinajstić information content (AvgIpc) is 2.54. The standard InChI is InChI=1S/C15H18N6O2/c1-11-3-5-17-15(14(11)21(22)23)20-9-7-19(8-10-20)13-4-6-16-12(2)18-13/h3-6H,7-10H2,1-2H3. The highest BCUT2D eigenvalue weighted by atomic mass is 16.6. The first-order chi connectivity index (χ1) is 11.1. The third-order valence-electron chi connectivity index (χ3n) is 3.95. The summed E-state index contributed by atoms with van der Waals surface area (Å²) in [6.07, 6.45) is 3.37. The molecule has 1 aliphatic heterocycles. The van der Waals surface area contributed by atoms with Gasteiger partial charge in [-0.05, 0) is 26.0 Å². The summed E-state index contributed by atoms with van der Waals surface area (Å²) in [7, 11) is 0. The summed E-state index contributed by atoms with van der Waals surface area (Å²) < 4.78 is 0. The fourth-order valence-corrected chi connectivity index (χ4v) is 2.76. The highest BCUT2D eigenvalue weighted by molar-refractivity contribution is 5.62. The molecule has 0 spiro atoms. The molecule has 0 radical (unpaired) electrons. The van der Waals surface area contributed by atoms with Crippen LogP contribution in [-0.4, -0.2) is 46.1 Å². The van der Waals surface area contributed by atoms with E-state index in [2.05, 4.69) is 19.9 Å². The Hall–Kier alpha value is -2.77. The van der Waals surface area contributed by atoms with Gasteiger partial charge in [-0.15, -0.1) is 0 Å². The van der Waals surface area contributed by atoms with E-state index >= 15 is 0 Å². The van der Waals surface area contributed by atoms with E-state index in [1.807, 2.05) is 17.9 Å². The van der Waals surface area contributed by atoms with Gasteiger partial charge in [0.2, 0.25) is 5.82 Å². The molecule has 2 aromatic rings. The van der Waals surface area contributed by atoms with Gasteiger partial charge in [-0.1, -0.05) is 0 Å². The summed E-state index contributed by atoms with van der Waals surface area (Å²) >= 11 is 0. The Morgan fingerprint density at radius 1 is 1.04 bits per heavy atom. The Balaban J connectivity index is 1.77. The molecule has 1 saturated heterocycles. The molecule has 2 aromatic heterocycles. The molecule has 120 valence electrons. The molecule has 0 amide bonds. The lowest BCUT2D eigenvalue weighted by Gasteiger charge is -2.35. The van der Waals surface area contributed by atoms with Crippen LogP contribution >= 0.6 is 0 Å². The van der Waals surface area contributed by atoms with Gasteiger partial charge in [0.1, 0.15) is 11.6 Å². The molecule has 3 heterocycles. The topological polar surface area (TPSA) is 88.3 Å². The van der Waals surface area contributed by atoms with Crippen LogP contribution in [0.1, 0.15) is 11.4 Å². The van der Waals surface area contributed by atoms with Crippen LogP contribution in [0.25, 0.3) is 0 Å². The zero-order valence-electron chi connectivity index (χ0n) is 13.1. The van der Waals surface area contributed by atoms with Crippen molar-refractivity contribution in [2.24, 2.45) is 0 Å². The first kappa shape index (κ1) is 15.1. The van der Waals surface area contributed by atoms with Gasteiger partial charge in [-0.2, -0.15) is 0 Å². The quantitative estimate of drug-likeness (QED) is 0.629. The highest BCUT2D eigenvalue weighted by Crippen LogP contribution is 2.29. The monoisotopic (exact) mass is 314 g/mol. The molecule has 8 heteroatoms. The minimum Gasteiger partial charge on any atom is -0.353 e. The Morgan fingerprint density at radius 2 is 1.70 bits per heavy atom. The van der Waals surface area contributed by atoms with Crippen LogP contribution in [0, 0.1) is 24.0 Å². The maximum atomic E-state index is 11.3. The zero-order chi connectivity index (χ0) is 16.4. The molecule has 0 N–H and O–H groups in total. The number of hydrogen-bond acceptors (Lipinski definition) is 7. The normalized spacial score (nSPS) is 14.9. The second kappa shape index (κ2) is 6.15. The molecule has 1 aliphatic rings. The summed E-state index contributed by atoms with van der Waals surface area (Å²) in [6, 6.07) is 3.55. The number of nitrogens with zero attached hydrogens (tertiary/aromatic N) is 6. The predicted molar refractivity (Wildman–Crippen MR) is 86.8 cm³/mol. The number of aryl methyl sites for hydroxylation is 2. The minimum absolute atomic E-state index is 0.0961. The molecule has 8 nitrogen and oxygen atoms in total. The van der Waals surface area contributed by atoms with Crippen molar-refractivity contribution in [3.63, 3.8) is 0 Å². The lowest BCUT2D eigenvalue weighted by Crippen LogP contribution is -2.47. The second-order valence-electron chi connectivity index (χ2n) is 5.49. The van der Waals surface area contributed by atoms with Crippen LogP contribution in [0.4, 0.5) is 17.3 Å². The van der Waals surface area contributed by atoms with Gasteiger partial charge in [0, 0.05) is 44.1 Å². The molecule has 23 heavy (non-hydrogen) atoms. The molecule has 0 atom stereocenters. The van der Waals surface area contributed by atoms with Crippen molar-refractivity contribution >= 4 is 17.3 Å². The molecule has 0 aromatic carbocycles. The van der Waals surface area contributed by atoms with E-state index in [0.29, 0.717) is 24.5 Å². The third-order valence-corrected chi connectivity index (χ3v) is 3.95. The lowest BCUT2D eigenvalue weighted by molar-refractivity contribution is -0.384.